The van der Waals surface area contributed by atoms with Crippen LogP contribution in [0.2, 0.25) is 5.82 Å². The number of Topliss-reactive ketones (excluding diaryl/α,β-unsaturated/α-hetero) is 2. The van der Waals surface area contributed by atoms with Crippen molar-refractivity contribution in [3.8, 4) is 5.75 Å². The van der Waals surface area contributed by atoms with Crippen LogP contribution in [0.5, 0.6) is 5.75 Å². The van der Waals surface area contributed by atoms with Gasteiger partial charge in [0.05, 0.1) is 5.56 Å². The lowest BCUT2D eigenvalue weighted by atomic mass is 9.64. The fourth-order valence-electron chi connectivity index (χ4n) is 3.05. The smallest absolute Gasteiger partial charge is 0.526 e. The minimum absolute atomic E-state index is 0.119. The molecule has 2 heterocycles. The molecule has 0 spiro atoms. The lowest BCUT2D eigenvalue weighted by Crippen LogP contribution is -2.36. The molecule has 0 radical (unpaired) electrons. The van der Waals surface area contributed by atoms with Crippen LogP contribution < -0.4 is 16.1 Å². The molecule has 0 aliphatic carbocycles. The molecule has 1 aliphatic rings. The third-order valence-electron chi connectivity index (χ3n) is 4.37. The molecule has 0 fully saturated rings. The fraction of sp³-hybridized carbons (Fsp3) is 0.235. The van der Waals surface area contributed by atoms with E-state index < -0.39 is 18.7 Å². The van der Waals surface area contributed by atoms with Crippen LogP contribution in [0.1, 0.15) is 35.0 Å². The summed E-state index contributed by atoms with van der Waals surface area (Å²) in [7, 11) is -1.29. The van der Waals surface area contributed by atoms with E-state index in [4.69, 9.17) is 16.1 Å². The van der Waals surface area contributed by atoms with Crippen LogP contribution >= 0.6 is 11.3 Å². The highest BCUT2D eigenvalue weighted by Gasteiger charge is 2.38. The molecule has 3 rings (SSSR count). The second-order valence-corrected chi connectivity index (χ2v) is 7.29. The van der Waals surface area contributed by atoms with Gasteiger partial charge in [0.15, 0.2) is 23.2 Å². The number of rotatable bonds is 6. The van der Waals surface area contributed by atoms with Crippen molar-refractivity contribution in [2.24, 2.45) is 21.6 Å². The molecule has 12 heteroatoms. The number of aromatic nitrogens is 1. The number of hydrogen-bond acceptors (Lipinski definition) is 9. The molecule has 10 nitrogen and oxygen atoms in total. The molecule has 0 unspecified atom stereocenters. The van der Waals surface area contributed by atoms with Gasteiger partial charge in [-0.2, -0.15) is 4.99 Å². The number of thiazole rings is 1. The van der Waals surface area contributed by atoms with Crippen LogP contribution in [0, 0.1) is 0 Å². The summed E-state index contributed by atoms with van der Waals surface area (Å²) in [6, 6.07) is 5.11. The first-order valence-electron chi connectivity index (χ1n) is 8.58. The van der Waals surface area contributed by atoms with Crippen LogP contribution in [0.4, 0.5) is 5.13 Å². The molecule has 1 aliphatic heterocycles. The first kappa shape index (κ1) is 20.5. The summed E-state index contributed by atoms with van der Waals surface area (Å²) in [4.78, 5) is 32.2. The Morgan fingerprint density at radius 3 is 2.83 bits per heavy atom. The van der Waals surface area contributed by atoms with Crippen molar-refractivity contribution in [3.63, 3.8) is 0 Å². The largest absolute Gasteiger partial charge is 0.535 e. The van der Waals surface area contributed by atoms with E-state index in [9.17, 15) is 19.8 Å². The van der Waals surface area contributed by atoms with Gasteiger partial charge in [-0.15, -0.1) is 11.3 Å². The number of carbonyl (C=O) groups excluding carboxylic acids is 2. The van der Waals surface area contributed by atoms with Crippen LogP contribution in [-0.2, 0) is 11.2 Å². The lowest BCUT2D eigenvalue weighted by molar-refractivity contribution is -0.113. The standard InChI is InChI=1S/C17H18BN5O5S/c1-8(24)11-4-2-3-9-5-10(18(26)28-15(9)11)6-13(25)14(23-27)12-7-29-17(21-12)22-16(19)20/h2-4,7,10,26-27H,5-6H2,1H3,(H4,19,20,21,22)/b23-14-/t10-/m1/s1. The van der Waals surface area contributed by atoms with Crippen molar-refractivity contribution < 1.29 is 24.5 Å². The molecule has 0 saturated carbocycles. The van der Waals surface area contributed by atoms with Gasteiger partial charge in [-0.05, 0) is 25.0 Å². The molecular formula is C17H18BN5O5S. The van der Waals surface area contributed by atoms with E-state index in [0.717, 1.165) is 11.3 Å². The predicted octanol–water partition coefficient (Wildman–Crippen LogP) is 0.874. The zero-order valence-corrected chi connectivity index (χ0v) is 16.2. The second kappa shape index (κ2) is 8.41. The lowest BCUT2D eigenvalue weighted by Gasteiger charge is -2.28. The number of hydrogen-bond donors (Lipinski definition) is 4. The number of guanidine groups is 1. The number of nitrogens with zero attached hydrogens (tertiary/aromatic N) is 3. The third-order valence-corrected chi connectivity index (χ3v) is 5.11. The minimum Gasteiger partial charge on any atom is -0.535 e. The van der Waals surface area contributed by atoms with Gasteiger partial charge in [0, 0.05) is 17.6 Å². The maximum absolute atomic E-state index is 12.7. The van der Waals surface area contributed by atoms with E-state index in [0.29, 0.717) is 23.3 Å². The Morgan fingerprint density at radius 2 is 2.17 bits per heavy atom. The molecule has 2 aromatic rings. The zero-order valence-electron chi connectivity index (χ0n) is 15.4. The molecule has 29 heavy (non-hydrogen) atoms. The van der Waals surface area contributed by atoms with Crippen molar-refractivity contribution in [2.45, 2.75) is 25.6 Å². The van der Waals surface area contributed by atoms with Crippen molar-refractivity contribution in [1.29, 1.82) is 0 Å². The summed E-state index contributed by atoms with van der Waals surface area (Å²) in [6.45, 7) is 1.41. The summed E-state index contributed by atoms with van der Waals surface area (Å²) < 4.78 is 5.53. The molecule has 0 saturated heterocycles. The van der Waals surface area contributed by atoms with E-state index in [2.05, 4.69) is 15.1 Å². The van der Waals surface area contributed by atoms with Crippen molar-refractivity contribution >= 4 is 46.8 Å². The van der Waals surface area contributed by atoms with Gasteiger partial charge in [0.2, 0.25) is 5.13 Å². The maximum atomic E-state index is 12.7. The summed E-state index contributed by atoms with van der Waals surface area (Å²) in [5, 5.41) is 24.4. The van der Waals surface area contributed by atoms with Gasteiger partial charge in [-0.1, -0.05) is 17.3 Å². The van der Waals surface area contributed by atoms with Crippen molar-refractivity contribution in [3.05, 3.63) is 40.4 Å². The fourth-order valence-corrected chi connectivity index (χ4v) is 3.75. The van der Waals surface area contributed by atoms with Crippen LogP contribution in [0.15, 0.2) is 33.7 Å². The monoisotopic (exact) mass is 415 g/mol. The Kier molecular flexibility index (Phi) is 5.94. The van der Waals surface area contributed by atoms with Gasteiger partial charge in [-0.25, -0.2) is 4.98 Å². The molecule has 1 atom stereocenters. The number of nitrogens with two attached hydrogens (primary N) is 2. The highest BCUT2D eigenvalue weighted by molar-refractivity contribution is 7.13. The molecule has 0 amide bonds. The highest BCUT2D eigenvalue weighted by atomic mass is 32.1. The van der Waals surface area contributed by atoms with E-state index in [1.165, 1.54) is 12.3 Å². The van der Waals surface area contributed by atoms with E-state index in [1.54, 1.807) is 18.2 Å². The van der Waals surface area contributed by atoms with Gasteiger partial charge in [0.25, 0.3) is 0 Å². The summed E-state index contributed by atoms with van der Waals surface area (Å²) >= 11 is 1.07. The van der Waals surface area contributed by atoms with Gasteiger partial charge >= 0.3 is 7.12 Å². The Labute approximate surface area is 170 Å². The Hall–Kier alpha value is -3.25. The topological polar surface area (TPSA) is 173 Å². The van der Waals surface area contributed by atoms with Crippen LogP contribution in [0.25, 0.3) is 0 Å². The Balaban J connectivity index is 1.78. The SMILES string of the molecule is CC(=O)c1cccc2c1OB(O)[C@@H](CC(=O)/C(=N\O)c1csc(N=C(N)N)n1)C2. The number of ketones is 2. The average Bonchev–Trinajstić information content (AvgIpc) is 3.09. The summed E-state index contributed by atoms with van der Waals surface area (Å²) in [6.07, 6.45) is 0.165. The Morgan fingerprint density at radius 1 is 1.41 bits per heavy atom. The van der Waals surface area contributed by atoms with Gasteiger partial charge in [0.1, 0.15) is 11.4 Å². The quantitative estimate of drug-likeness (QED) is 0.134. The third kappa shape index (κ3) is 4.44. The minimum atomic E-state index is -1.29. The average molecular weight is 415 g/mol. The highest BCUT2D eigenvalue weighted by Crippen LogP contribution is 2.36. The normalized spacial score (nSPS) is 16.0. The van der Waals surface area contributed by atoms with Gasteiger partial charge < -0.3 is 26.4 Å². The van der Waals surface area contributed by atoms with Gasteiger partial charge in [-0.3, -0.25) is 9.59 Å². The number of benzene rings is 1. The van der Waals surface area contributed by atoms with E-state index in [1.807, 2.05) is 0 Å². The van der Waals surface area contributed by atoms with E-state index in [-0.39, 0.29) is 34.7 Å². The molecule has 6 N–H and O–H groups in total. The number of carbonyl (C=O) groups is 2. The maximum Gasteiger partial charge on any atom is 0.526 e. The molecule has 150 valence electrons. The number of oxime groups is 1. The number of para-hydroxylation sites is 1. The number of aliphatic imine (C=N–C) groups is 1. The molecule has 1 aromatic carbocycles. The Bertz CT molecular complexity index is 1020. The number of fused-ring (bicyclic) bond motifs is 1. The predicted molar refractivity (Wildman–Crippen MR) is 108 cm³/mol. The first-order chi connectivity index (χ1) is 13.8. The second-order valence-electron chi connectivity index (χ2n) is 6.45. The van der Waals surface area contributed by atoms with Crippen LogP contribution in [-0.4, -0.2) is 45.6 Å². The molecular weight excluding hydrogens is 397 g/mol. The van der Waals surface area contributed by atoms with Crippen molar-refractivity contribution in [1.82, 2.24) is 4.98 Å². The van der Waals surface area contributed by atoms with Crippen molar-refractivity contribution in [2.75, 3.05) is 0 Å². The first-order valence-corrected chi connectivity index (χ1v) is 9.46. The molecule has 0 bridgehead atoms. The molecule has 1 aromatic heterocycles. The summed E-state index contributed by atoms with van der Waals surface area (Å²) in [5.41, 5.74) is 11.5. The zero-order chi connectivity index (χ0) is 21.1. The van der Waals surface area contributed by atoms with E-state index >= 15 is 0 Å². The van der Waals surface area contributed by atoms with Crippen LogP contribution in [0.3, 0.4) is 0 Å². The summed E-state index contributed by atoms with van der Waals surface area (Å²) in [5.74, 6) is -1.17.